The van der Waals surface area contributed by atoms with Crippen molar-refractivity contribution >= 4 is 28.9 Å². The first-order valence-corrected chi connectivity index (χ1v) is 10.5. The number of benzene rings is 2. The molecular weight excluding hydrogens is 407 g/mol. The normalized spacial score (nSPS) is 27.0. The largest absolute Gasteiger partial charge is 0.512 e. The summed E-state index contributed by atoms with van der Waals surface area (Å²) in [6, 6.07) is 13.7. The van der Waals surface area contributed by atoms with Crippen LogP contribution in [0.5, 0.6) is 5.75 Å². The van der Waals surface area contributed by atoms with Crippen LogP contribution in [0.2, 0.25) is 10.0 Å². The summed E-state index contributed by atoms with van der Waals surface area (Å²) in [5.41, 5.74) is 1.95. The smallest absolute Gasteiger partial charge is 0.221 e. The first-order chi connectivity index (χ1) is 13.8. The monoisotopic (exact) mass is 428 g/mol. The molecule has 0 saturated carbocycles. The number of halogens is 2. The third-order valence-electron chi connectivity index (χ3n) is 5.86. The van der Waals surface area contributed by atoms with Crippen LogP contribution < -0.4 is 4.74 Å². The maximum atomic E-state index is 10.6. The van der Waals surface area contributed by atoms with Crippen molar-refractivity contribution in [3.63, 3.8) is 0 Å². The molecule has 2 unspecified atom stereocenters. The van der Waals surface area contributed by atoms with E-state index in [2.05, 4.69) is 26.0 Å². The van der Waals surface area contributed by atoms with Crippen LogP contribution in [0.15, 0.2) is 59.4 Å². The van der Waals surface area contributed by atoms with Crippen LogP contribution in [-0.2, 0) is 0 Å². The number of hydrogen-bond acceptors (Lipinski definition) is 4. The van der Waals surface area contributed by atoms with Crippen LogP contribution in [-0.4, -0.2) is 21.6 Å². The van der Waals surface area contributed by atoms with Crippen molar-refractivity contribution in [2.24, 2.45) is 10.5 Å². The molecule has 150 valence electrons. The standard InChI is InChI=1S/C23H22Cl2N2O2/c1-22(2)11-16(28)12-23(13-22)27-20(10-19(26-27)14-6-4-3-5-7-14)17-8-15(24)9-18(25)21(17)29-23/h3-9,12,20,28H,10-11,13H2,1-2H3. The van der Waals surface area contributed by atoms with E-state index in [4.69, 9.17) is 33.0 Å². The molecule has 0 aromatic heterocycles. The minimum atomic E-state index is -0.891. The van der Waals surface area contributed by atoms with Gasteiger partial charge in [0.25, 0.3) is 0 Å². The molecule has 0 bridgehead atoms. The number of nitrogens with zero attached hydrogens (tertiary/aromatic N) is 2. The van der Waals surface area contributed by atoms with Crippen LogP contribution in [0.1, 0.15) is 50.3 Å². The zero-order valence-electron chi connectivity index (χ0n) is 16.3. The number of aliphatic hydroxyl groups excluding tert-OH is 1. The fourth-order valence-corrected chi connectivity index (χ4v) is 5.43. The molecule has 2 atom stereocenters. The number of aliphatic hydroxyl groups is 1. The lowest BCUT2D eigenvalue weighted by Gasteiger charge is -2.51. The number of ether oxygens (including phenoxy) is 1. The topological polar surface area (TPSA) is 45.1 Å². The summed E-state index contributed by atoms with van der Waals surface area (Å²) in [6.45, 7) is 4.26. The van der Waals surface area contributed by atoms with E-state index < -0.39 is 5.72 Å². The van der Waals surface area contributed by atoms with Gasteiger partial charge in [-0.3, -0.25) is 0 Å². The number of fused-ring (bicyclic) bond motifs is 4. The lowest BCUT2D eigenvalue weighted by molar-refractivity contribution is -0.115. The van der Waals surface area contributed by atoms with Gasteiger partial charge < -0.3 is 9.84 Å². The summed E-state index contributed by atoms with van der Waals surface area (Å²) in [7, 11) is 0. The molecule has 0 amide bonds. The highest BCUT2D eigenvalue weighted by Gasteiger charge is 2.54. The van der Waals surface area contributed by atoms with E-state index in [0.717, 1.165) is 16.8 Å². The molecular formula is C23H22Cl2N2O2. The van der Waals surface area contributed by atoms with Gasteiger partial charge in [0.05, 0.1) is 22.5 Å². The van der Waals surface area contributed by atoms with Crippen molar-refractivity contribution in [3.05, 3.63) is 75.5 Å². The predicted octanol–water partition coefficient (Wildman–Crippen LogP) is 6.50. The molecule has 2 aromatic rings. The van der Waals surface area contributed by atoms with Gasteiger partial charge in [0.2, 0.25) is 5.72 Å². The molecule has 2 aliphatic heterocycles. The molecule has 3 aliphatic rings. The minimum absolute atomic E-state index is 0.0666. The highest BCUT2D eigenvalue weighted by Crippen LogP contribution is 2.55. The van der Waals surface area contributed by atoms with E-state index in [-0.39, 0.29) is 11.5 Å². The lowest BCUT2D eigenvalue weighted by Crippen LogP contribution is -2.56. The van der Waals surface area contributed by atoms with Crippen LogP contribution in [0, 0.1) is 5.41 Å². The molecule has 1 N–H and O–H groups in total. The molecule has 1 aliphatic carbocycles. The van der Waals surface area contributed by atoms with E-state index >= 15 is 0 Å². The number of rotatable bonds is 1. The van der Waals surface area contributed by atoms with Crippen molar-refractivity contribution < 1.29 is 9.84 Å². The first kappa shape index (κ1) is 18.8. The predicted molar refractivity (Wildman–Crippen MR) is 116 cm³/mol. The summed E-state index contributed by atoms with van der Waals surface area (Å²) in [5, 5.41) is 18.6. The Morgan fingerprint density at radius 2 is 1.93 bits per heavy atom. The highest BCUT2D eigenvalue weighted by atomic mass is 35.5. The summed E-state index contributed by atoms with van der Waals surface area (Å²) in [5.74, 6) is 0.945. The van der Waals surface area contributed by atoms with Crippen LogP contribution in [0.3, 0.4) is 0 Å². The molecule has 29 heavy (non-hydrogen) atoms. The quantitative estimate of drug-likeness (QED) is 0.563. The summed E-state index contributed by atoms with van der Waals surface area (Å²) < 4.78 is 6.54. The van der Waals surface area contributed by atoms with Gasteiger partial charge in [-0.15, -0.1) is 0 Å². The van der Waals surface area contributed by atoms with Crippen molar-refractivity contribution in [1.82, 2.24) is 5.01 Å². The van der Waals surface area contributed by atoms with E-state index in [0.29, 0.717) is 40.8 Å². The Bertz CT molecular complexity index is 1050. The Kier molecular flexibility index (Phi) is 4.17. The van der Waals surface area contributed by atoms with Crippen molar-refractivity contribution in [2.75, 3.05) is 0 Å². The molecule has 4 nitrogen and oxygen atoms in total. The Morgan fingerprint density at radius 1 is 1.17 bits per heavy atom. The van der Waals surface area contributed by atoms with E-state index in [1.54, 1.807) is 12.1 Å². The minimum Gasteiger partial charge on any atom is -0.512 e. The molecule has 2 heterocycles. The molecule has 6 heteroatoms. The highest BCUT2D eigenvalue weighted by molar-refractivity contribution is 6.35. The average Bonchev–Trinajstić information content (AvgIpc) is 3.09. The second kappa shape index (κ2) is 6.41. The van der Waals surface area contributed by atoms with E-state index in [9.17, 15) is 5.11 Å². The van der Waals surface area contributed by atoms with Crippen molar-refractivity contribution in [3.8, 4) is 5.75 Å². The molecule has 2 aromatic carbocycles. The average molecular weight is 429 g/mol. The Balaban J connectivity index is 1.70. The van der Waals surface area contributed by atoms with Gasteiger partial charge in [-0.1, -0.05) is 67.4 Å². The van der Waals surface area contributed by atoms with Gasteiger partial charge in [-0.2, -0.15) is 5.10 Å². The number of hydrazone groups is 1. The molecule has 0 saturated heterocycles. The number of hydrogen-bond donors (Lipinski definition) is 1. The summed E-state index contributed by atoms with van der Waals surface area (Å²) in [4.78, 5) is 0. The Labute approximate surface area is 180 Å². The van der Waals surface area contributed by atoms with Crippen molar-refractivity contribution in [2.45, 2.75) is 44.9 Å². The summed E-state index contributed by atoms with van der Waals surface area (Å²) >= 11 is 12.9. The third kappa shape index (κ3) is 3.10. The molecule has 0 radical (unpaired) electrons. The fraction of sp³-hybridized carbons (Fsp3) is 0.348. The zero-order valence-corrected chi connectivity index (χ0v) is 17.8. The second-order valence-corrected chi connectivity index (χ2v) is 9.73. The maximum Gasteiger partial charge on any atom is 0.221 e. The van der Waals surface area contributed by atoms with Gasteiger partial charge in [0, 0.05) is 35.9 Å². The first-order valence-electron chi connectivity index (χ1n) is 9.77. The Morgan fingerprint density at radius 3 is 2.66 bits per heavy atom. The van der Waals surface area contributed by atoms with E-state index in [1.807, 2.05) is 29.3 Å². The molecule has 5 rings (SSSR count). The van der Waals surface area contributed by atoms with Gasteiger partial charge >= 0.3 is 0 Å². The summed E-state index contributed by atoms with van der Waals surface area (Å²) in [6.07, 6.45) is 3.81. The SMILES string of the molecule is CC1(C)CC(O)=CC2(C1)Oc1c(Cl)cc(Cl)cc1C1CC(c3ccccc3)=NN12. The zero-order chi connectivity index (χ0) is 20.4. The lowest BCUT2D eigenvalue weighted by atomic mass is 9.75. The molecule has 0 fully saturated rings. The number of allylic oxidation sites excluding steroid dienone is 1. The maximum absolute atomic E-state index is 10.6. The third-order valence-corrected chi connectivity index (χ3v) is 6.36. The van der Waals surface area contributed by atoms with Crippen molar-refractivity contribution in [1.29, 1.82) is 0 Å². The van der Waals surface area contributed by atoms with Crippen LogP contribution in [0.25, 0.3) is 0 Å². The fourth-order valence-electron chi connectivity index (χ4n) is 4.88. The van der Waals surface area contributed by atoms with E-state index in [1.165, 1.54) is 0 Å². The second-order valence-electron chi connectivity index (χ2n) is 8.88. The van der Waals surface area contributed by atoms with Crippen LogP contribution >= 0.6 is 23.2 Å². The van der Waals surface area contributed by atoms with Gasteiger partial charge in [0.15, 0.2) is 0 Å². The van der Waals surface area contributed by atoms with Gasteiger partial charge in [-0.05, 0) is 23.1 Å². The van der Waals surface area contributed by atoms with Crippen LogP contribution in [0.4, 0.5) is 0 Å². The molecule has 1 spiro atoms. The van der Waals surface area contributed by atoms with Gasteiger partial charge in [0.1, 0.15) is 5.75 Å². The Hall–Kier alpha value is -2.17. The van der Waals surface area contributed by atoms with Gasteiger partial charge in [-0.25, -0.2) is 5.01 Å².